The molecule has 0 N–H and O–H groups in total. The second kappa shape index (κ2) is 9.36. The number of halogens is 2. The minimum absolute atomic E-state index is 0.106. The smallest absolute Gasteiger partial charge is 0.273 e. The number of benzene rings is 1. The van der Waals surface area contributed by atoms with Crippen molar-refractivity contribution in [3.8, 4) is 0 Å². The van der Waals surface area contributed by atoms with Crippen LogP contribution >= 0.6 is 27.7 Å². The molecule has 0 radical (unpaired) electrons. The van der Waals surface area contributed by atoms with Gasteiger partial charge in [-0.25, -0.2) is 14.4 Å². The highest BCUT2D eigenvalue weighted by Crippen LogP contribution is 2.49. The standard InChI is InChI=1S/C26H28BrFN6O2S/c1-32(2)24(35)19-11-16-13-33(9-4-10-34(16)31-19)23-17-14-36-26(12-20(17)29-25(30-23)37-3)8-7-15-5-6-18(27)22(28)21(15)26/h5-6,11H,4,7-10,12-14H2,1-3H3. The number of anilines is 1. The van der Waals surface area contributed by atoms with Crippen LogP contribution in [0.5, 0.6) is 0 Å². The molecule has 3 aliphatic rings. The molecule has 11 heteroatoms. The molecule has 1 unspecified atom stereocenters. The molecule has 1 aliphatic carbocycles. The van der Waals surface area contributed by atoms with Crippen molar-refractivity contribution in [3.63, 3.8) is 0 Å². The van der Waals surface area contributed by atoms with Gasteiger partial charge in [0.05, 0.1) is 29.0 Å². The van der Waals surface area contributed by atoms with Gasteiger partial charge in [-0.3, -0.25) is 9.48 Å². The maximum atomic E-state index is 15.3. The zero-order chi connectivity index (χ0) is 25.9. The third-order valence-electron chi connectivity index (χ3n) is 7.55. The number of aromatic nitrogens is 4. The molecule has 0 saturated carbocycles. The molecule has 2 aromatic heterocycles. The van der Waals surface area contributed by atoms with E-state index in [2.05, 4.69) is 25.9 Å². The fourth-order valence-corrected chi connectivity index (χ4v) is 6.43. The average molecular weight is 588 g/mol. The summed E-state index contributed by atoms with van der Waals surface area (Å²) in [7, 11) is 3.47. The van der Waals surface area contributed by atoms with Crippen LogP contribution in [0.1, 0.15) is 51.4 Å². The first-order chi connectivity index (χ1) is 17.8. The van der Waals surface area contributed by atoms with Crippen molar-refractivity contribution in [2.45, 2.75) is 56.1 Å². The van der Waals surface area contributed by atoms with Gasteiger partial charge in [0.15, 0.2) is 10.9 Å². The summed E-state index contributed by atoms with van der Waals surface area (Å²) < 4.78 is 24.2. The van der Waals surface area contributed by atoms with Crippen LogP contribution in [0.4, 0.5) is 10.2 Å². The summed E-state index contributed by atoms with van der Waals surface area (Å²) in [6.07, 6.45) is 4.87. The second-order valence-corrected chi connectivity index (χ2v) is 11.7. The molecule has 0 bridgehead atoms. The van der Waals surface area contributed by atoms with Crippen LogP contribution in [0.3, 0.4) is 0 Å². The third-order valence-corrected chi connectivity index (χ3v) is 8.71. The number of fused-ring (bicyclic) bond motifs is 4. The van der Waals surface area contributed by atoms with E-state index in [-0.39, 0.29) is 11.7 Å². The number of carbonyl (C=O) groups excluding carboxylic acids is 1. The Morgan fingerprint density at radius 1 is 1.27 bits per heavy atom. The van der Waals surface area contributed by atoms with Crippen molar-refractivity contribution in [3.05, 3.63) is 62.3 Å². The number of amides is 1. The highest BCUT2D eigenvalue weighted by molar-refractivity contribution is 9.10. The molecule has 6 rings (SSSR count). The molecule has 1 aromatic carbocycles. The molecule has 37 heavy (non-hydrogen) atoms. The van der Waals surface area contributed by atoms with Crippen molar-refractivity contribution in [1.82, 2.24) is 24.6 Å². The molecule has 2 aliphatic heterocycles. The van der Waals surface area contributed by atoms with Gasteiger partial charge in [0.2, 0.25) is 0 Å². The molecular weight excluding hydrogens is 559 g/mol. The Morgan fingerprint density at radius 2 is 2.11 bits per heavy atom. The lowest BCUT2D eigenvalue weighted by Gasteiger charge is -2.37. The van der Waals surface area contributed by atoms with Gasteiger partial charge in [-0.1, -0.05) is 17.8 Å². The van der Waals surface area contributed by atoms with Crippen molar-refractivity contribution in [1.29, 1.82) is 0 Å². The van der Waals surface area contributed by atoms with Gasteiger partial charge in [-0.2, -0.15) is 5.10 Å². The van der Waals surface area contributed by atoms with E-state index in [4.69, 9.17) is 14.7 Å². The lowest BCUT2D eigenvalue weighted by molar-refractivity contribution is -0.0750. The number of hydrogen-bond donors (Lipinski definition) is 0. The van der Waals surface area contributed by atoms with E-state index >= 15 is 4.39 Å². The normalized spacial score (nSPS) is 20.4. The first kappa shape index (κ1) is 24.8. The fourth-order valence-electron chi connectivity index (χ4n) is 5.72. The van der Waals surface area contributed by atoms with E-state index in [9.17, 15) is 4.79 Å². The lowest BCUT2D eigenvalue weighted by atomic mass is 9.86. The molecule has 4 heterocycles. The number of rotatable bonds is 3. The maximum absolute atomic E-state index is 15.3. The molecule has 0 fully saturated rings. The Bertz CT molecular complexity index is 1410. The van der Waals surface area contributed by atoms with Crippen molar-refractivity contribution < 1.29 is 13.9 Å². The third kappa shape index (κ3) is 4.15. The van der Waals surface area contributed by atoms with Crippen LogP contribution < -0.4 is 4.90 Å². The van der Waals surface area contributed by atoms with Crippen LogP contribution in [0, 0.1) is 5.82 Å². The summed E-state index contributed by atoms with van der Waals surface area (Å²) in [6.45, 7) is 2.44. The summed E-state index contributed by atoms with van der Waals surface area (Å²) in [6, 6.07) is 5.65. The Kier molecular flexibility index (Phi) is 6.27. The van der Waals surface area contributed by atoms with Crippen molar-refractivity contribution in [2.75, 3.05) is 31.8 Å². The minimum atomic E-state index is -0.712. The van der Waals surface area contributed by atoms with E-state index in [0.717, 1.165) is 60.7 Å². The Labute approximate surface area is 227 Å². The maximum Gasteiger partial charge on any atom is 0.273 e. The van der Waals surface area contributed by atoms with Crippen LogP contribution in [-0.2, 0) is 42.9 Å². The van der Waals surface area contributed by atoms with Crippen LogP contribution in [0.25, 0.3) is 0 Å². The molecule has 1 spiro atoms. The van der Waals surface area contributed by atoms with Crippen molar-refractivity contribution in [2.24, 2.45) is 0 Å². The molecular formula is C26H28BrFN6O2S. The topological polar surface area (TPSA) is 76.4 Å². The van der Waals surface area contributed by atoms with Gasteiger partial charge in [0.25, 0.3) is 5.91 Å². The number of nitrogens with zero attached hydrogens (tertiary/aromatic N) is 6. The van der Waals surface area contributed by atoms with E-state index in [1.165, 1.54) is 11.8 Å². The summed E-state index contributed by atoms with van der Waals surface area (Å²) in [5.41, 5.74) is 4.28. The summed E-state index contributed by atoms with van der Waals surface area (Å²) >= 11 is 4.86. The number of aryl methyl sites for hydroxylation is 2. The fraction of sp³-hybridized carbons (Fsp3) is 0.462. The SMILES string of the molecule is CSc1nc2c(c(N3CCCn4nc(C(=O)N(C)C)cc4C3)n1)COC1(CCc3ccc(Br)c(F)c31)C2. The van der Waals surface area contributed by atoms with E-state index in [1.807, 2.05) is 23.1 Å². The van der Waals surface area contributed by atoms with Gasteiger partial charge in [0.1, 0.15) is 17.2 Å². The Balaban J connectivity index is 1.37. The van der Waals surface area contributed by atoms with Crippen molar-refractivity contribution >= 4 is 39.4 Å². The number of thioether (sulfide) groups is 1. The number of carbonyl (C=O) groups is 1. The predicted octanol–water partition coefficient (Wildman–Crippen LogP) is 4.32. The molecule has 1 amide bonds. The average Bonchev–Trinajstić information content (AvgIpc) is 3.39. The van der Waals surface area contributed by atoms with Crippen LogP contribution in [0.15, 0.2) is 27.8 Å². The van der Waals surface area contributed by atoms with Crippen LogP contribution in [0.2, 0.25) is 0 Å². The molecule has 194 valence electrons. The van der Waals surface area contributed by atoms with Crippen LogP contribution in [-0.4, -0.2) is 57.5 Å². The molecule has 3 aromatic rings. The summed E-state index contributed by atoms with van der Waals surface area (Å²) in [5, 5.41) is 5.26. The Hall–Kier alpha value is -2.50. The zero-order valence-electron chi connectivity index (χ0n) is 21.1. The lowest BCUT2D eigenvalue weighted by Crippen LogP contribution is -2.37. The van der Waals surface area contributed by atoms with Gasteiger partial charge in [-0.05, 0) is 59.1 Å². The van der Waals surface area contributed by atoms with Gasteiger partial charge >= 0.3 is 0 Å². The molecule has 1 atom stereocenters. The number of ether oxygens (including phenoxy) is 1. The van der Waals surface area contributed by atoms with E-state index in [0.29, 0.717) is 40.5 Å². The predicted molar refractivity (Wildman–Crippen MR) is 142 cm³/mol. The largest absolute Gasteiger partial charge is 0.365 e. The zero-order valence-corrected chi connectivity index (χ0v) is 23.5. The molecule has 8 nitrogen and oxygen atoms in total. The van der Waals surface area contributed by atoms with Gasteiger partial charge < -0.3 is 14.5 Å². The minimum Gasteiger partial charge on any atom is -0.365 e. The highest BCUT2D eigenvalue weighted by Gasteiger charge is 2.46. The highest BCUT2D eigenvalue weighted by atomic mass is 79.9. The second-order valence-electron chi connectivity index (χ2n) is 10.0. The molecule has 0 saturated heterocycles. The first-order valence-electron chi connectivity index (χ1n) is 12.4. The Morgan fingerprint density at radius 3 is 2.89 bits per heavy atom. The summed E-state index contributed by atoms with van der Waals surface area (Å²) in [4.78, 5) is 26.1. The van der Waals surface area contributed by atoms with E-state index in [1.54, 1.807) is 25.1 Å². The first-order valence-corrected chi connectivity index (χ1v) is 14.4. The summed E-state index contributed by atoms with van der Waals surface area (Å²) in [5.74, 6) is 0.513. The van der Waals surface area contributed by atoms with Gasteiger partial charge in [-0.15, -0.1) is 0 Å². The van der Waals surface area contributed by atoms with Gasteiger partial charge in [0, 0.05) is 44.7 Å². The quantitative estimate of drug-likeness (QED) is 0.334. The monoisotopic (exact) mass is 586 g/mol. The number of hydrogen-bond acceptors (Lipinski definition) is 7. The van der Waals surface area contributed by atoms with E-state index < -0.39 is 5.60 Å².